The Morgan fingerprint density at radius 2 is 1.92 bits per heavy atom. The Kier molecular flexibility index (Phi) is 8.46. The molecule has 3 aliphatic heterocycles. The molecule has 0 aromatic rings. The number of nitrogens with zero attached hydrogens (tertiary/aromatic N) is 2. The van der Waals surface area contributed by atoms with E-state index in [1.165, 1.54) is 0 Å². The summed E-state index contributed by atoms with van der Waals surface area (Å²) in [7, 11) is 7.54. The van der Waals surface area contributed by atoms with Gasteiger partial charge in [0.15, 0.2) is 0 Å². The molecule has 5 aliphatic rings. The second-order valence-electron chi connectivity index (χ2n) is 12.3. The van der Waals surface area contributed by atoms with Crippen LogP contribution in [-0.4, -0.2) is 112 Å². The third-order valence-corrected chi connectivity index (χ3v) is 10.1. The molecular weight excluding hydrogens is 472 g/mol. The van der Waals surface area contributed by atoms with Gasteiger partial charge >= 0.3 is 0 Å². The van der Waals surface area contributed by atoms with Crippen molar-refractivity contribution in [2.45, 2.75) is 94.4 Å². The predicted octanol–water partition coefficient (Wildman–Crippen LogP) is 1.26. The average molecular weight is 521 g/mol. The molecule has 0 radical (unpaired) electrons. The molecule has 9 heteroatoms. The van der Waals surface area contributed by atoms with Crippen LogP contribution in [0.25, 0.3) is 0 Å². The largest absolute Gasteiger partial charge is 0.379 e. The molecule has 11 atom stereocenters. The Morgan fingerprint density at radius 3 is 2.65 bits per heavy atom. The molecule has 0 aromatic heterocycles. The number of rotatable bonds is 9. The van der Waals surface area contributed by atoms with Crippen molar-refractivity contribution in [3.8, 4) is 0 Å². The maximum atomic E-state index is 14.1. The maximum Gasteiger partial charge on any atom is 0.248 e. The SMILES string of the molecule is COC1CCC2C3NCCC4C5CC(OC(C)C(=O)NCCCN(C)C)CCC5N(C(=O)C2C1OC)C43. The highest BCUT2D eigenvalue weighted by Gasteiger charge is 2.64. The highest BCUT2D eigenvalue weighted by atomic mass is 16.5. The number of methoxy groups -OCH3 is 2. The lowest BCUT2D eigenvalue weighted by atomic mass is 9.64. The molecule has 3 heterocycles. The molecule has 5 rings (SSSR count). The van der Waals surface area contributed by atoms with Gasteiger partial charge in [0.25, 0.3) is 0 Å². The maximum absolute atomic E-state index is 14.1. The van der Waals surface area contributed by atoms with E-state index in [1.54, 1.807) is 14.2 Å². The van der Waals surface area contributed by atoms with Crippen molar-refractivity contribution in [3.05, 3.63) is 0 Å². The highest BCUT2D eigenvalue weighted by Crippen LogP contribution is 2.54. The molecule has 0 aromatic carbocycles. The van der Waals surface area contributed by atoms with Gasteiger partial charge in [0.1, 0.15) is 6.10 Å². The van der Waals surface area contributed by atoms with E-state index >= 15 is 0 Å². The summed E-state index contributed by atoms with van der Waals surface area (Å²) in [6.45, 7) is 4.50. The second kappa shape index (κ2) is 11.5. The molecule has 2 amide bonds. The predicted molar refractivity (Wildman–Crippen MR) is 140 cm³/mol. The van der Waals surface area contributed by atoms with Crippen molar-refractivity contribution in [3.63, 3.8) is 0 Å². The van der Waals surface area contributed by atoms with E-state index in [0.29, 0.717) is 30.3 Å². The lowest BCUT2D eigenvalue weighted by molar-refractivity contribution is -0.175. The smallest absolute Gasteiger partial charge is 0.248 e. The molecule has 9 nitrogen and oxygen atoms in total. The number of fused-ring (bicyclic) bond motifs is 5. The first-order chi connectivity index (χ1) is 17.8. The fraction of sp³-hybridized carbons (Fsp3) is 0.929. The molecule has 0 bridgehead atoms. The molecule has 37 heavy (non-hydrogen) atoms. The Balaban J connectivity index is 1.26. The Morgan fingerprint density at radius 1 is 1.11 bits per heavy atom. The average Bonchev–Trinajstić information content (AvgIpc) is 3.23. The van der Waals surface area contributed by atoms with Crippen LogP contribution in [0.2, 0.25) is 0 Å². The molecule has 11 unspecified atom stereocenters. The summed E-state index contributed by atoms with van der Waals surface area (Å²) in [5, 5.41) is 6.87. The summed E-state index contributed by atoms with van der Waals surface area (Å²) in [5.41, 5.74) is 0. The van der Waals surface area contributed by atoms with E-state index in [1.807, 2.05) is 21.0 Å². The van der Waals surface area contributed by atoms with Crippen LogP contribution >= 0.6 is 0 Å². The first kappa shape index (κ1) is 27.3. The molecule has 2 N–H and O–H groups in total. The summed E-state index contributed by atoms with van der Waals surface area (Å²) < 4.78 is 18.0. The van der Waals surface area contributed by atoms with Gasteiger partial charge in [-0.2, -0.15) is 0 Å². The molecule has 2 saturated carbocycles. The van der Waals surface area contributed by atoms with Crippen molar-refractivity contribution in [1.82, 2.24) is 20.4 Å². The van der Waals surface area contributed by atoms with E-state index in [2.05, 4.69) is 20.4 Å². The van der Waals surface area contributed by atoms with E-state index in [-0.39, 0.29) is 48.1 Å². The Bertz CT molecular complexity index is 826. The van der Waals surface area contributed by atoms with E-state index in [9.17, 15) is 9.59 Å². The minimum absolute atomic E-state index is 0.0239. The van der Waals surface area contributed by atoms with Crippen LogP contribution in [0, 0.1) is 23.7 Å². The highest BCUT2D eigenvalue weighted by molar-refractivity contribution is 5.83. The molecule has 3 saturated heterocycles. The molecule has 210 valence electrons. The van der Waals surface area contributed by atoms with Crippen LogP contribution in [0.3, 0.4) is 0 Å². The number of piperidine rings is 2. The summed E-state index contributed by atoms with van der Waals surface area (Å²) in [4.78, 5) is 31.2. The Hall–Kier alpha value is -1.26. The van der Waals surface area contributed by atoms with Gasteiger partial charge in [0.2, 0.25) is 11.8 Å². The standard InChI is InChI=1S/C28H48N4O5/c1-16(27(33)30-12-6-14-31(2)3)37-17-7-9-21-20(15-17)18-11-13-29-24-19-8-10-22(35-4)26(36-5)23(19)28(34)32(21)25(18)24/h16-26,29H,6-15H2,1-5H3,(H,30,33). The van der Waals surface area contributed by atoms with Crippen molar-refractivity contribution in [1.29, 1.82) is 0 Å². The van der Waals surface area contributed by atoms with Crippen LogP contribution in [0.5, 0.6) is 0 Å². The summed E-state index contributed by atoms with van der Waals surface area (Å²) >= 11 is 0. The van der Waals surface area contributed by atoms with Crippen LogP contribution in [-0.2, 0) is 23.8 Å². The van der Waals surface area contributed by atoms with Crippen LogP contribution in [0.15, 0.2) is 0 Å². The molecule has 2 aliphatic carbocycles. The lowest BCUT2D eigenvalue weighted by Crippen LogP contribution is -2.70. The van der Waals surface area contributed by atoms with E-state index in [0.717, 1.165) is 58.0 Å². The van der Waals surface area contributed by atoms with Gasteiger partial charge in [0, 0.05) is 32.8 Å². The van der Waals surface area contributed by atoms with E-state index in [4.69, 9.17) is 14.2 Å². The number of hydrogen-bond donors (Lipinski definition) is 2. The van der Waals surface area contributed by atoms with Gasteiger partial charge in [0.05, 0.1) is 30.3 Å². The Labute approximate surface area is 222 Å². The number of hydrogen-bond acceptors (Lipinski definition) is 7. The van der Waals surface area contributed by atoms with Crippen LogP contribution in [0.1, 0.15) is 51.9 Å². The second-order valence-corrected chi connectivity index (χ2v) is 12.3. The number of ether oxygens (including phenoxy) is 3. The number of carbonyl (C=O) groups is 2. The van der Waals surface area contributed by atoms with Crippen molar-refractivity contribution < 1.29 is 23.8 Å². The quantitative estimate of drug-likeness (QED) is 0.442. The zero-order chi connectivity index (χ0) is 26.3. The van der Waals surface area contributed by atoms with Crippen LogP contribution < -0.4 is 10.6 Å². The minimum Gasteiger partial charge on any atom is -0.379 e. The first-order valence-electron chi connectivity index (χ1n) is 14.5. The zero-order valence-electron chi connectivity index (χ0n) is 23.4. The fourth-order valence-corrected chi connectivity index (χ4v) is 8.56. The van der Waals surface area contributed by atoms with Crippen molar-refractivity contribution in [2.24, 2.45) is 23.7 Å². The minimum atomic E-state index is -0.455. The lowest BCUT2D eigenvalue weighted by Gasteiger charge is -2.55. The number of nitrogens with one attached hydrogen (secondary N) is 2. The fourth-order valence-electron chi connectivity index (χ4n) is 8.56. The topological polar surface area (TPSA) is 92.4 Å². The third-order valence-electron chi connectivity index (χ3n) is 10.1. The van der Waals surface area contributed by atoms with Crippen LogP contribution in [0.4, 0.5) is 0 Å². The monoisotopic (exact) mass is 520 g/mol. The normalized spacial score (nSPS) is 41.7. The van der Waals surface area contributed by atoms with Gasteiger partial charge in [-0.05, 0) is 96.8 Å². The molecule has 5 fully saturated rings. The summed E-state index contributed by atoms with van der Waals surface area (Å²) in [6, 6.07) is 0.861. The van der Waals surface area contributed by atoms with Crippen molar-refractivity contribution >= 4 is 11.8 Å². The van der Waals surface area contributed by atoms with Gasteiger partial charge in [-0.1, -0.05) is 0 Å². The molecule has 0 spiro atoms. The summed E-state index contributed by atoms with van der Waals surface area (Å²) in [5.74, 6) is 1.36. The first-order valence-corrected chi connectivity index (χ1v) is 14.5. The van der Waals surface area contributed by atoms with Gasteiger partial charge in [-0.15, -0.1) is 0 Å². The number of carbonyl (C=O) groups excluding carboxylic acids is 2. The van der Waals surface area contributed by atoms with Gasteiger partial charge in [-0.25, -0.2) is 0 Å². The zero-order valence-corrected chi connectivity index (χ0v) is 23.4. The third kappa shape index (κ3) is 5.07. The van der Waals surface area contributed by atoms with E-state index < -0.39 is 6.10 Å². The van der Waals surface area contributed by atoms with Gasteiger partial charge in [-0.3, -0.25) is 9.59 Å². The van der Waals surface area contributed by atoms with Crippen molar-refractivity contribution in [2.75, 3.05) is 47.9 Å². The molecular formula is C28H48N4O5. The summed E-state index contributed by atoms with van der Waals surface area (Å²) in [6.07, 6.45) is 6.16. The van der Waals surface area contributed by atoms with Gasteiger partial charge < -0.3 is 34.6 Å². The number of amides is 2.